The molecule has 2 rings (SSSR count). The predicted molar refractivity (Wildman–Crippen MR) is 72.4 cm³/mol. The van der Waals surface area contributed by atoms with E-state index in [1.54, 1.807) is 22.6 Å². The van der Waals surface area contributed by atoms with Gasteiger partial charge >= 0.3 is 0 Å². The molecule has 1 aliphatic heterocycles. The molecule has 3 nitrogen and oxygen atoms in total. The molecule has 1 aromatic rings. The van der Waals surface area contributed by atoms with Crippen LogP contribution in [0, 0.1) is 15.2 Å². The Morgan fingerprint density at radius 1 is 1.50 bits per heavy atom. The van der Waals surface area contributed by atoms with Gasteiger partial charge in [0.15, 0.2) is 5.82 Å². The van der Waals surface area contributed by atoms with Gasteiger partial charge in [0, 0.05) is 29.2 Å². The predicted octanol–water partition coefficient (Wildman–Crippen LogP) is 2.00. The Morgan fingerprint density at radius 2 is 2.22 bits per heavy atom. The van der Waals surface area contributed by atoms with Gasteiger partial charge in [0.1, 0.15) is 11.4 Å². The number of hydrogen-bond acceptors (Lipinski definition) is 2. The summed E-state index contributed by atoms with van der Waals surface area (Å²) in [5.41, 5.74) is -0.448. The summed E-state index contributed by atoms with van der Waals surface area (Å²) < 4.78 is 27.7. The summed E-state index contributed by atoms with van der Waals surface area (Å²) in [6.07, 6.45) is 0. The largest absolute Gasteiger partial charge is 0.336 e. The molecule has 0 bridgehead atoms. The maximum absolute atomic E-state index is 13.9. The number of hydrogen-bond donors (Lipinski definition) is 1. The van der Waals surface area contributed by atoms with Crippen LogP contribution in [0.3, 0.4) is 0 Å². The van der Waals surface area contributed by atoms with Crippen LogP contribution in [0.4, 0.5) is 8.78 Å². The number of carbonyl (C=O) groups is 1. The molecule has 0 spiro atoms. The van der Waals surface area contributed by atoms with E-state index < -0.39 is 23.1 Å². The molecule has 1 saturated heterocycles. The number of amides is 1. The third-order valence-corrected chi connectivity index (χ3v) is 3.75. The lowest BCUT2D eigenvalue weighted by Gasteiger charge is -2.32. The lowest BCUT2D eigenvalue weighted by molar-refractivity contribution is 0.0699. The molecule has 0 radical (unpaired) electrons. The number of rotatable bonds is 1. The van der Waals surface area contributed by atoms with Crippen LogP contribution in [-0.2, 0) is 0 Å². The molecule has 98 valence electrons. The summed E-state index contributed by atoms with van der Waals surface area (Å²) in [5.74, 6) is -2.15. The first kappa shape index (κ1) is 13.7. The van der Waals surface area contributed by atoms with Gasteiger partial charge in [0.05, 0.1) is 0 Å². The van der Waals surface area contributed by atoms with Gasteiger partial charge in [-0.05, 0) is 41.6 Å². The van der Waals surface area contributed by atoms with Crippen molar-refractivity contribution in [1.29, 1.82) is 0 Å². The monoisotopic (exact) mass is 366 g/mol. The Bertz CT molecular complexity index is 481. The third kappa shape index (κ3) is 2.64. The standard InChI is InChI=1S/C12H13F2IN2O/c1-7-6-17(5-4-16-7)12(18)10-8(13)2-3-9(15)11(10)14/h2-3,7,16H,4-6H2,1H3/t7-/m1/s1. The van der Waals surface area contributed by atoms with Crippen molar-refractivity contribution in [2.75, 3.05) is 19.6 Å². The van der Waals surface area contributed by atoms with E-state index in [1.165, 1.54) is 11.0 Å². The van der Waals surface area contributed by atoms with Crippen molar-refractivity contribution in [3.05, 3.63) is 32.9 Å². The lowest BCUT2D eigenvalue weighted by atomic mass is 10.1. The number of halogens is 3. The molecule has 18 heavy (non-hydrogen) atoms. The first-order valence-electron chi connectivity index (χ1n) is 5.67. The van der Waals surface area contributed by atoms with E-state index in [0.29, 0.717) is 19.6 Å². The van der Waals surface area contributed by atoms with Gasteiger partial charge in [0.2, 0.25) is 0 Å². The van der Waals surface area contributed by atoms with Gasteiger partial charge in [-0.15, -0.1) is 0 Å². The van der Waals surface area contributed by atoms with Crippen LogP contribution in [0.1, 0.15) is 17.3 Å². The van der Waals surface area contributed by atoms with Gasteiger partial charge in [-0.25, -0.2) is 8.78 Å². The van der Waals surface area contributed by atoms with E-state index in [1.807, 2.05) is 6.92 Å². The summed E-state index contributed by atoms with van der Waals surface area (Å²) in [7, 11) is 0. The minimum Gasteiger partial charge on any atom is -0.336 e. The van der Waals surface area contributed by atoms with E-state index >= 15 is 0 Å². The van der Waals surface area contributed by atoms with Gasteiger partial charge in [-0.1, -0.05) is 0 Å². The third-order valence-electron chi connectivity index (χ3n) is 2.91. The number of piperazine rings is 1. The second kappa shape index (κ2) is 5.48. The molecule has 0 aromatic heterocycles. The minimum absolute atomic E-state index is 0.136. The highest BCUT2D eigenvalue weighted by Crippen LogP contribution is 2.20. The molecule has 6 heteroatoms. The van der Waals surface area contributed by atoms with E-state index in [0.717, 1.165) is 6.07 Å². The van der Waals surface area contributed by atoms with Crippen LogP contribution < -0.4 is 5.32 Å². The first-order valence-corrected chi connectivity index (χ1v) is 6.74. The fourth-order valence-corrected chi connectivity index (χ4v) is 2.45. The smallest absolute Gasteiger partial charge is 0.259 e. The zero-order chi connectivity index (χ0) is 13.3. The summed E-state index contributed by atoms with van der Waals surface area (Å²) in [6, 6.07) is 2.59. The maximum atomic E-state index is 13.9. The summed E-state index contributed by atoms with van der Waals surface area (Å²) in [5, 5.41) is 3.18. The zero-order valence-electron chi connectivity index (χ0n) is 9.84. The second-order valence-corrected chi connectivity index (χ2v) is 5.49. The molecule has 1 aliphatic rings. The quantitative estimate of drug-likeness (QED) is 0.609. The summed E-state index contributed by atoms with van der Waals surface area (Å²) in [4.78, 5) is 13.6. The molecule has 1 amide bonds. The molecular formula is C12H13F2IN2O. The van der Waals surface area contributed by atoms with Crippen LogP contribution in [0.25, 0.3) is 0 Å². The fourth-order valence-electron chi connectivity index (χ4n) is 2.00. The molecule has 1 N–H and O–H groups in total. The van der Waals surface area contributed by atoms with Crippen molar-refractivity contribution in [3.63, 3.8) is 0 Å². The van der Waals surface area contributed by atoms with Crippen molar-refractivity contribution < 1.29 is 13.6 Å². The molecule has 1 heterocycles. The van der Waals surface area contributed by atoms with E-state index in [2.05, 4.69) is 5.32 Å². The van der Waals surface area contributed by atoms with Crippen molar-refractivity contribution in [2.45, 2.75) is 13.0 Å². The Morgan fingerprint density at radius 3 is 2.89 bits per heavy atom. The van der Waals surface area contributed by atoms with Crippen LogP contribution in [0.5, 0.6) is 0 Å². The molecule has 1 aromatic carbocycles. The van der Waals surface area contributed by atoms with E-state index in [4.69, 9.17) is 0 Å². The molecular weight excluding hydrogens is 353 g/mol. The highest BCUT2D eigenvalue weighted by Gasteiger charge is 2.27. The summed E-state index contributed by atoms with van der Waals surface area (Å²) in [6.45, 7) is 3.50. The van der Waals surface area contributed by atoms with Gasteiger partial charge < -0.3 is 10.2 Å². The van der Waals surface area contributed by atoms with Crippen LogP contribution in [-0.4, -0.2) is 36.5 Å². The number of benzene rings is 1. The fraction of sp³-hybridized carbons (Fsp3) is 0.417. The van der Waals surface area contributed by atoms with Crippen molar-refractivity contribution in [2.24, 2.45) is 0 Å². The number of carbonyl (C=O) groups excluding carboxylic acids is 1. The summed E-state index contributed by atoms with van der Waals surface area (Å²) >= 11 is 1.75. The minimum atomic E-state index is -0.802. The normalized spacial score (nSPS) is 20.0. The Balaban J connectivity index is 2.31. The SMILES string of the molecule is C[C@@H]1CN(C(=O)c2c(F)ccc(I)c2F)CCN1. The molecule has 0 aliphatic carbocycles. The molecule has 1 fully saturated rings. The average molecular weight is 366 g/mol. The van der Waals surface area contributed by atoms with E-state index in [9.17, 15) is 13.6 Å². The maximum Gasteiger partial charge on any atom is 0.259 e. The van der Waals surface area contributed by atoms with Gasteiger partial charge in [-0.3, -0.25) is 4.79 Å². The lowest BCUT2D eigenvalue weighted by Crippen LogP contribution is -2.51. The molecule has 1 atom stereocenters. The van der Waals surface area contributed by atoms with Gasteiger partial charge in [0.25, 0.3) is 5.91 Å². The number of nitrogens with zero attached hydrogens (tertiary/aromatic N) is 1. The highest BCUT2D eigenvalue weighted by atomic mass is 127. The Kier molecular flexibility index (Phi) is 4.16. The van der Waals surface area contributed by atoms with Crippen molar-refractivity contribution >= 4 is 28.5 Å². The topological polar surface area (TPSA) is 32.3 Å². The molecule has 0 saturated carbocycles. The van der Waals surface area contributed by atoms with Crippen LogP contribution in [0.15, 0.2) is 12.1 Å². The van der Waals surface area contributed by atoms with Crippen LogP contribution in [0.2, 0.25) is 0 Å². The van der Waals surface area contributed by atoms with Crippen molar-refractivity contribution in [1.82, 2.24) is 10.2 Å². The second-order valence-electron chi connectivity index (χ2n) is 4.32. The molecule has 0 unspecified atom stereocenters. The Labute approximate surface area is 118 Å². The van der Waals surface area contributed by atoms with Crippen molar-refractivity contribution in [3.8, 4) is 0 Å². The zero-order valence-corrected chi connectivity index (χ0v) is 12.0. The Hall–Kier alpha value is -0.760. The van der Waals surface area contributed by atoms with Crippen LogP contribution >= 0.6 is 22.6 Å². The highest BCUT2D eigenvalue weighted by molar-refractivity contribution is 14.1. The van der Waals surface area contributed by atoms with Gasteiger partial charge in [-0.2, -0.15) is 0 Å². The van der Waals surface area contributed by atoms with E-state index in [-0.39, 0.29) is 9.61 Å². The first-order chi connectivity index (χ1) is 8.50. The average Bonchev–Trinajstić information content (AvgIpc) is 2.34. The number of nitrogens with one attached hydrogen (secondary N) is 1.